The molecule has 0 aliphatic carbocycles. The van der Waals surface area contributed by atoms with E-state index < -0.39 is 8.80 Å². The molecule has 0 aromatic rings. The fourth-order valence-electron chi connectivity index (χ4n) is 1.41. The molecule has 0 saturated carbocycles. The van der Waals surface area contributed by atoms with Crippen molar-refractivity contribution in [2.24, 2.45) is 0 Å². The SMILES string of the molecule is CCO[Si](OCC)(OCC)C([SiH3])CC. The molecule has 0 heterocycles. The van der Waals surface area contributed by atoms with Crippen molar-refractivity contribution in [3.8, 4) is 0 Å². The zero-order valence-electron chi connectivity index (χ0n) is 10.1. The first kappa shape index (κ1) is 14.3. The average Bonchev–Trinajstić information content (AvgIpc) is 2.17. The summed E-state index contributed by atoms with van der Waals surface area (Å²) in [6.07, 6.45) is 1.10. The van der Waals surface area contributed by atoms with Crippen molar-refractivity contribution < 1.29 is 13.3 Å². The lowest BCUT2D eigenvalue weighted by atomic mass is 10.6. The molecular weight excluding hydrogens is 212 g/mol. The van der Waals surface area contributed by atoms with Crippen molar-refractivity contribution in [2.75, 3.05) is 19.8 Å². The summed E-state index contributed by atoms with van der Waals surface area (Å²) in [6, 6.07) is 0. The molecule has 0 aliphatic rings. The number of hydrogen-bond acceptors (Lipinski definition) is 3. The van der Waals surface area contributed by atoms with Crippen molar-refractivity contribution in [2.45, 2.75) is 39.3 Å². The summed E-state index contributed by atoms with van der Waals surface area (Å²) in [7, 11) is -1.26. The van der Waals surface area contributed by atoms with Gasteiger partial charge in [-0.3, -0.25) is 0 Å². The molecule has 0 aromatic heterocycles. The first-order valence-electron chi connectivity index (χ1n) is 5.58. The molecule has 5 heteroatoms. The topological polar surface area (TPSA) is 27.7 Å². The zero-order valence-corrected chi connectivity index (χ0v) is 13.1. The van der Waals surface area contributed by atoms with Gasteiger partial charge in [0.1, 0.15) is 0 Å². The predicted octanol–water partition coefficient (Wildman–Crippen LogP) is 1.14. The van der Waals surface area contributed by atoms with Gasteiger partial charge in [0, 0.05) is 35.2 Å². The van der Waals surface area contributed by atoms with Gasteiger partial charge in [-0.1, -0.05) is 13.3 Å². The fourth-order valence-corrected chi connectivity index (χ4v) is 5.72. The smallest absolute Gasteiger partial charge is 0.374 e. The van der Waals surface area contributed by atoms with Crippen molar-refractivity contribution in [1.82, 2.24) is 0 Å². The monoisotopic (exact) mass is 236 g/mol. The van der Waals surface area contributed by atoms with E-state index in [1.165, 1.54) is 0 Å². The molecule has 0 N–H and O–H groups in total. The standard InChI is InChI=1S/C9H24O3Si2/c1-5-9(13)14(10-6-2,11-7-3)12-8-4/h9H,5-8H2,1-4,13H3. The minimum atomic E-state index is -2.34. The fraction of sp³-hybridized carbons (Fsp3) is 1.00. The van der Waals surface area contributed by atoms with E-state index in [1.807, 2.05) is 20.8 Å². The molecule has 0 fully saturated rings. The van der Waals surface area contributed by atoms with Gasteiger partial charge in [0.15, 0.2) is 0 Å². The van der Waals surface area contributed by atoms with E-state index in [2.05, 4.69) is 6.92 Å². The summed E-state index contributed by atoms with van der Waals surface area (Å²) >= 11 is 0. The molecule has 0 bridgehead atoms. The third-order valence-electron chi connectivity index (χ3n) is 2.25. The Kier molecular flexibility index (Phi) is 7.76. The van der Waals surface area contributed by atoms with Crippen LogP contribution in [0.4, 0.5) is 0 Å². The average molecular weight is 236 g/mol. The van der Waals surface area contributed by atoms with Crippen molar-refractivity contribution in [3.05, 3.63) is 0 Å². The van der Waals surface area contributed by atoms with Crippen LogP contribution in [0.15, 0.2) is 0 Å². The highest BCUT2D eigenvalue weighted by Gasteiger charge is 2.45. The highest BCUT2D eigenvalue weighted by Crippen LogP contribution is 2.25. The van der Waals surface area contributed by atoms with Crippen LogP contribution in [0.25, 0.3) is 0 Å². The Bertz CT molecular complexity index is 127. The van der Waals surface area contributed by atoms with Crippen molar-refractivity contribution >= 4 is 19.0 Å². The first-order chi connectivity index (χ1) is 6.66. The molecule has 86 valence electrons. The summed E-state index contributed by atoms with van der Waals surface area (Å²) in [5.74, 6) is 0. The van der Waals surface area contributed by atoms with Gasteiger partial charge < -0.3 is 13.3 Å². The molecule has 0 radical (unpaired) electrons. The van der Waals surface area contributed by atoms with Crippen LogP contribution in [0, 0.1) is 0 Å². The van der Waals surface area contributed by atoms with Gasteiger partial charge in [0.05, 0.1) is 0 Å². The molecule has 0 rings (SSSR count). The minimum Gasteiger partial charge on any atom is -0.374 e. The lowest BCUT2D eigenvalue weighted by molar-refractivity contribution is 0.0677. The highest BCUT2D eigenvalue weighted by molar-refractivity contribution is 6.69. The van der Waals surface area contributed by atoms with E-state index in [9.17, 15) is 0 Å². The molecule has 0 amide bonds. The Labute approximate surface area is 91.9 Å². The summed E-state index contributed by atoms with van der Waals surface area (Å²) in [5.41, 5.74) is 0. The molecule has 0 saturated heterocycles. The molecule has 14 heavy (non-hydrogen) atoms. The van der Waals surface area contributed by atoms with E-state index in [0.29, 0.717) is 25.0 Å². The van der Waals surface area contributed by atoms with Crippen LogP contribution in [0.5, 0.6) is 0 Å². The van der Waals surface area contributed by atoms with Gasteiger partial charge in [0.2, 0.25) is 0 Å². The summed E-state index contributed by atoms with van der Waals surface area (Å²) in [6.45, 7) is 10.2. The van der Waals surface area contributed by atoms with E-state index >= 15 is 0 Å². The first-order valence-corrected chi connectivity index (χ1v) is 8.54. The van der Waals surface area contributed by atoms with E-state index in [0.717, 1.165) is 16.7 Å². The minimum absolute atomic E-state index is 0.516. The molecule has 0 aromatic carbocycles. The second-order valence-electron chi connectivity index (χ2n) is 3.21. The lowest BCUT2D eigenvalue weighted by Gasteiger charge is -2.32. The Morgan fingerprint density at radius 1 is 0.929 bits per heavy atom. The van der Waals surface area contributed by atoms with Gasteiger partial charge >= 0.3 is 8.80 Å². The molecule has 0 spiro atoms. The Morgan fingerprint density at radius 3 is 1.50 bits per heavy atom. The van der Waals surface area contributed by atoms with Crippen LogP contribution in [-0.2, 0) is 13.3 Å². The number of rotatable bonds is 8. The van der Waals surface area contributed by atoms with Gasteiger partial charge in [-0.2, -0.15) is 0 Å². The van der Waals surface area contributed by atoms with Gasteiger partial charge in [-0.15, -0.1) is 0 Å². The van der Waals surface area contributed by atoms with Crippen LogP contribution in [-0.4, -0.2) is 38.9 Å². The second kappa shape index (κ2) is 7.59. The maximum atomic E-state index is 5.79. The summed E-state index contributed by atoms with van der Waals surface area (Å²) in [5, 5.41) is 0.516. The third-order valence-corrected chi connectivity index (χ3v) is 8.88. The quantitative estimate of drug-likeness (QED) is 0.592. The summed E-state index contributed by atoms with van der Waals surface area (Å²) in [4.78, 5) is 0. The van der Waals surface area contributed by atoms with E-state index in [4.69, 9.17) is 13.3 Å². The van der Waals surface area contributed by atoms with E-state index in [1.54, 1.807) is 0 Å². The third kappa shape index (κ3) is 3.82. The maximum absolute atomic E-state index is 5.79. The van der Waals surface area contributed by atoms with E-state index in [-0.39, 0.29) is 0 Å². The molecule has 3 nitrogen and oxygen atoms in total. The van der Waals surface area contributed by atoms with Crippen molar-refractivity contribution in [1.29, 1.82) is 0 Å². The normalized spacial score (nSPS) is 14.6. The van der Waals surface area contributed by atoms with Crippen LogP contribution in [0.2, 0.25) is 5.16 Å². The lowest BCUT2D eigenvalue weighted by Crippen LogP contribution is -2.50. The molecular formula is C9H24O3Si2. The van der Waals surface area contributed by atoms with Gasteiger partial charge in [-0.25, -0.2) is 0 Å². The largest absolute Gasteiger partial charge is 0.500 e. The second-order valence-corrected chi connectivity index (χ2v) is 8.82. The van der Waals surface area contributed by atoms with Crippen LogP contribution in [0.3, 0.4) is 0 Å². The maximum Gasteiger partial charge on any atom is 0.500 e. The number of hydrogen-bond donors (Lipinski definition) is 0. The van der Waals surface area contributed by atoms with Crippen LogP contribution >= 0.6 is 0 Å². The molecule has 0 aliphatic heterocycles. The highest BCUT2D eigenvalue weighted by atomic mass is 28.4. The molecule has 1 unspecified atom stereocenters. The Balaban J connectivity index is 4.53. The summed E-state index contributed by atoms with van der Waals surface area (Å²) < 4.78 is 17.4. The van der Waals surface area contributed by atoms with Crippen molar-refractivity contribution in [3.63, 3.8) is 0 Å². The van der Waals surface area contributed by atoms with Crippen LogP contribution < -0.4 is 0 Å². The van der Waals surface area contributed by atoms with Gasteiger partial charge in [0.25, 0.3) is 0 Å². The Morgan fingerprint density at radius 2 is 1.29 bits per heavy atom. The molecule has 1 atom stereocenters. The Hall–Kier alpha value is 0.314. The van der Waals surface area contributed by atoms with Crippen LogP contribution in [0.1, 0.15) is 34.1 Å². The van der Waals surface area contributed by atoms with Gasteiger partial charge in [-0.05, 0) is 20.8 Å². The zero-order chi connectivity index (χ0) is 11.0. The predicted molar refractivity (Wildman–Crippen MR) is 64.6 cm³/mol.